The normalized spacial score (nSPS) is 10.7. The fourth-order valence-corrected chi connectivity index (χ4v) is 3.81. The van der Waals surface area contributed by atoms with Crippen LogP contribution in [-0.2, 0) is 17.8 Å². The molecule has 0 unspecified atom stereocenters. The lowest BCUT2D eigenvalue weighted by molar-refractivity contribution is -0.113. The second-order valence-electron chi connectivity index (χ2n) is 5.52. The van der Waals surface area contributed by atoms with Crippen molar-refractivity contribution in [3.05, 3.63) is 70.7 Å². The number of hydrogen-bond donors (Lipinski definition) is 1. The SMILES string of the molecule is C=CCn1c(Cc2cccs2)nnc1SCC(=O)Nc1ccc(F)cc1F. The lowest BCUT2D eigenvalue weighted by Crippen LogP contribution is -2.16. The monoisotopic (exact) mass is 406 g/mol. The second-order valence-corrected chi connectivity index (χ2v) is 7.49. The molecule has 27 heavy (non-hydrogen) atoms. The van der Waals surface area contributed by atoms with E-state index in [4.69, 9.17) is 0 Å². The van der Waals surface area contributed by atoms with Crippen molar-refractivity contribution in [2.75, 3.05) is 11.1 Å². The number of anilines is 1. The fraction of sp³-hybridized carbons (Fsp3) is 0.167. The molecule has 1 amide bonds. The molecule has 1 N–H and O–H groups in total. The smallest absolute Gasteiger partial charge is 0.234 e. The largest absolute Gasteiger partial charge is 0.323 e. The first-order valence-electron chi connectivity index (χ1n) is 8.00. The van der Waals surface area contributed by atoms with Gasteiger partial charge < -0.3 is 9.88 Å². The van der Waals surface area contributed by atoms with E-state index in [0.717, 1.165) is 22.8 Å². The van der Waals surface area contributed by atoms with Crippen LogP contribution in [0.2, 0.25) is 0 Å². The predicted molar refractivity (Wildman–Crippen MR) is 103 cm³/mol. The van der Waals surface area contributed by atoms with Gasteiger partial charge in [-0.05, 0) is 23.6 Å². The molecule has 3 rings (SSSR count). The van der Waals surface area contributed by atoms with Gasteiger partial charge in [-0.2, -0.15) is 0 Å². The van der Waals surface area contributed by atoms with Crippen molar-refractivity contribution in [3.63, 3.8) is 0 Å². The minimum atomic E-state index is -0.818. The highest BCUT2D eigenvalue weighted by molar-refractivity contribution is 7.99. The lowest BCUT2D eigenvalue weighted by atomic mass is 10.3. The number of benzene rings is 1. The maximum Gasteiger partial charge on any atom is 0.234 e. The summed E-state index contributed by atoms with van der Waals surface area (Å²) in [4.78, 5) is 13.2. The Morgan fingerprint density at radius 1 is 1.33 bits per heavy atom. The van der Waals surface area contributed by atoms with Crippen LogP contribution < -0.4 is 5.32 Å². The number of nitrogens with zero attached hydrogens (tertiary/aromatic N) is 3. The van der Waals surface area contributed by atoms with Gasteiger partial charge in [-0.15, -0.1) is 28.1 Å². The van der Waals surface area contributed by atoms with Crippen LogP contribution in [0.3, 0.4) is 0 Å². The van der Waals surface area contributed by atoms with E-state index in [1.165, 1.54) is 17.8 Å². The van der Waals surface area contributed by atoms with Gasteiger partial charge in [0.15, 0.2) is 5.16 Å². The first-order valence-corrected chi connectivity index (χ1v) is 9.86. The molecule has 0 aliphatic rings. The number of hydrogen-bond acceptors (Lipinski definition) is 5. The summed E-state index contributed by atoms with van der Waals surface area (Å²) in [5, 5.41) is 13.4. The van der Waals surface area contributed by atoms with E-state index in [2.05, 4.69) is 22.1 Å². The molecule has 0 atom stereocenters. The number of rotatable bonds is 8. The van der Waals surface area contributed by atoms with Crippen molar-refractivity contribution in [2.24, 2.45) is 0 Å². The number of thiophene rings is 1. The minimum Gasteiger partial charge on any atom is -0.323 e. The Hall–Kier alpha value is -2.52. The first kappa shape index (κ1) is 19.2. The highest BCUT2D eigenvalue weighted by Crippen LogP contribution is 2.21. The van der Waals surface area contributed by atoms with Gasteiger partial charge in [0.2, 0.25) is 5.91 Å². The van der Waals surface area contributed by atoms with E-state index in [1.807, 2.05) is 22.1 Å². The summed E-state index contributed by atoms with van der Waals surface area (Å²) < 4.78 is 28.4. The van der Waals surface area contributed by atoms with Gasteiger partial charge in [0, 0.05) is 23.9 Å². The summed E-state index contributed by atoms with van der Waals surface area (Å²) in [6.45, 7) is 4.27. The minimum absolute atomic E-state index is 0.0189. The molecule has 3 aromatic rings. The van der Waals surface area contributed by atoms with Crippen LogP contribution in [-0.4, -0.2) is 26.4 Å². The van der Waals surface area contributed by atoms with E-state index < -0.39 is 17.5 Å². The number of allylic oxidation sites excluding steroid dienone is 1. The summed E-state index contributed by atoms with van der Waals surface area (Å²) in [6.07, 6.45) is 2.38. The molecule has 0 saturated carbocycles. The van der Waals surface area contributed by atoms with Gasteiger partial charge in [0.25, 0.3) is 0 Å². The molecule has 0 radical (unpaired) electrons. The Morgan fingerprint density at radius 3 is 2.89 bits per heavy atom. The van der Waals surface area contributed by atoms with E-state index in [9.17, 15) is 13.6 Å². The number of nitrogens with one attached hydrogen (secondary N) is 1. The topological polar surface area (TPSA) is 59.8 Å². The van der Waals surface area contributed by atoms with Crippen LogP contribution in [0.15, 0.2) is 53.5 Å². The molecule has 2 aromatic heterocycles. The van der Waals surface area contributed by atoms with Crippen LogP contribution >= 0.6 is 23.1 Å². The molecule has 0 spiro atoms. The molecule has 0 aliphatic carbocycles. The molecule has 0 aliphatic heterocycles. The number of thioether (sulfide) groups is 1. The maximum atomic E-state index is 13.6. The number of amides is 1. The first-order chi connectivity index (χ1) is 13.1. The summed E-state index contributed by atoms with van der Waals surface area (Å²) >= 11 is 2.83. The number of carbonyl (C=O) groups is 1. The van der Waals surface area contributed by atoms with Crippen LogP contribution in [0.25, 0.3) is 0 Å². The standard InChI is InChI=1S/C18H16F2N4OS2/c1-2-7-24-16(10-13-4-3-8-26-13)22-23-18(24)27-11-17(25)21-15-6-5-12(19)9-14(15)20/h2-6,8-9H,1,7,10-11H2,(H,21,25). The zero-order valence-corrected chi connectivity index (χ0v) is 15.8. The Balaban J connectivity index is 1.65. The van der Waals surface area contributed by atoms with Crippen LogP contribution in [0, 0.1) is 11.6 Å². The molecule has 1 aromatic carbocycles. The van der Waals surface area contributed by atoms with E-state index in [0.29, 0.717) is 18.1 Å². The molecule has 0 fully saturated rings. The van der Waals surface area contributed by atoms with Gasteiger partial charge in [-0.25, -0.2) is 8.78 Å². The summed E-state index contributed by atoms with van der Waals surface area (Å²) in [7, 11) is 0. The average molecular weight is 406 g/mol. The van der Waals surface area contributed by atoms with Crippen LogP contribution in [0.1, 0.15) is 10.7 Å². The molecule has 0 bridgehead atoms. The number of aromatic nitrogens is 3. The zero-order chi connectivity index (χ0) is 19.2. The van der Waals surface area contributed by atoms with E-state index in [1.54, 1.807) is 17.4 Å². The quantitative estimate of drug-likeness (QED) is 0.451. The fourth-order valence-electron chi connectivity index (χ4n) is 2.35. The third-order valence-electron chi connectivity index (χ3n) is 3.56. The lowest BCUT2D eigenvalue weighted by Gasteiger charge is -2.08. The zero-order valence-electron chi connectivity index (χ0n) is 14.2. The number of halogens is 2. The molecule has 2 heterocycles. The van der Waals surface area contributed by atoms with Gasteiger partial charge in [0.05, 0.1) is 11.4 Å². The van der Waals surface area contributed by atoms with Crippen molar-refractivity contribution >= 4 is 34.7 Å². The third kappa shape index (κ3) is 5.01. The highest BCUT2D eigenvalue weighted by Gasteiger charge is 2.15. The Labute approximate surface area is 163 Å². The van der Waals surface area contributed by atoms with Crippen molar-refractivity contribution < 1.29 is 13.6 Å². The highest BCUT2D eigenvalue weighted by atomic mass is 32.2. The summed E-state index contributed by atoms with van der Waals surface area (Å²) in [6, 6.07) is 6.99. The van der Waals surface area contributed by atoms with E-state index in [-0.39, 0.29) is 11.4 Å². The average Bonchev–Trinajstić information content (AvgIpc) is 3.27. The van der Waals surface area contributed by atoms with Crippen LogP contribution in [0.5, 0.6) is 0 Å². The van der Waals surface area contributed by atoms with Gasteiger partial charge in [0.1, 0.15) is 17.5 Å². The van der Waals surface area contributed by atoms with E-state index >= 15 is 0 Å². The summed E-state index contributed by atoms with van der Waals surface area (Å²) in [5.74, 6) is -1.13. The van der Waals surface area contributed by atoms with Gasteiger partial charge in [-0.1, -0.05) is 23.9 Å². The molecular formula is C18H16F2N4OS2. The Kier molecular flexibility index (Phi) is 6.36. The molecule has 9 heteroatoms. The van der Waals surface area contributed by atoms with Crippen molar-refractivity contribution in [1.82, 2.24) is 14.8 Å². The summed E-state index contributed by atoms with van der Waals surface area (Å²) in [5.41, 5.74) is -0.0621. The van der Waals surface area contributed by atoms with Crippen molar-refractivity contribution in [1.29, 1.82) is 0 Å². The van der Waals surface area contributed by atoms with Gasteiger partial charge >= 0.3 is 0 Å². The Morgan fingerprint density at radius 2 is 2.19 bits per heavy atom. The predicted octanol–water partition coefficient (Wildman–Crippen LogP) is 4.13. The maximum absolute atomic E-state index is 13.6. The Bertz CT molecular complexity index is 941. The second kappa shape index (κ2) is 8.92. The van der Waals surface area contributed by atoms with Gasteiger partial charge in [-0.3, -0.25) is 4.79 Å². The molecule has 140 valence electrons. The third-order valence-corrected chi connectivity index (χ3v) is 5.40. The van der Waals surface area contributed by atoms with Crippen molar-refractivity contribution in [3.8, 4) is 0 Å². The molecular weight excluding hydrogens is 390 g/mol. The van der Waals surface area contributed by atoms with Crippen molar-refractivity contribution in [2.45, 2.75) is 18.1 Å². The van der Waals surface area contributed by atoms with Crippen LogP contribution in [0.4, 0.5) is 14.5 Å². The number of carbonyl (C=O) groups excluding carboxylic acids is 1. The molecule has 0 saturated heterocycles. The molecule has 5 nitrogen and oxygen atoms in total.